The van der Waals surface area contributed by atoms with Crippen molar-refractivity contribution in [3.63, 3.8) is 0 Å². The van der Waals surface area contributed by atoms with Gasteiger partial charge in [-0.3, -0.25) is 0 Å². The molecule has 2 N–H and O–H groups in total. The van der Waals surface area contributed by atoms with Gasteiger partial charge >= 0.3 is 0 Å². The molecule has 0 saturated carbocycles. The zero-order chi connectivity index (χ0) is 14.7. The highest BCUT2D eigenvalue weighted by Crippen LogP contribution is 2.23. The van der Waals surface area contributed by atoms with Gasteiger partial charge in [-0.05, 0) is 24.3 Å². The number of rotatable bonds is 5. The molecular formula is C13H11BrN4OS2. The van der Waals surface area contributed by atoms with Crippen LogP contribution in [0.1, 0.15) is 17.4 Å². The minimum Gasteiger partial charge on any atom is -0.375 e. The van der Waals surface area contributed by atoms with Crippen LogP contribution in [-0.4, -0.2) is 15.1 Å². The Labute approximate surface area is 138 Å². The van der Waals surface area contributed by atoms with Gasteiger partial charge in [-0.15, -0.1) is 23.1 Å². The van der Waals surface area contributed by atoms with Crippen LogP contribution in [0.4, 0.5) is 5.13 Å². The third kappa shape index (κ3) is 4.05. The first-order valence-corrected chi connectivity index (χ1v) is 8.74. The van der Waals surface area contributed by atoms with Crippen molar-refractivity contribution in [1.82, 2.24) is 15.1 Å². The first-order valence-electron chi connectivity index (χ1n) is 6.09. The quantitative estimate of drug-likeness (QED) is 0.676. The van der Waals surface area contributed by atoms with Crippen LogP contribution in [0.2, 0.25) is 0 Å². The highest BCUT2D eigenvalue weighted by Gasteiger charge is 2.09. The highest BCUT2D eigenvalue weighted by atomic mass is 79.9. The minimum absolute atomic E-state index is 0.518. The number of anilines is 1. The lowest BCUT2D eigenvalue weighted by atomic mass is 10.3. The van der Waals surface area contributed by atoms with E-state index < -0.39 is 0 Å². The van der Waals surface area contributed by atoms with Crippen LogP contribution >= 0.6 is 39.0 Å². The number of benzene rings is 1. The summed E-state index contributed by atoms with van der Waals surface area (Å²) in [5, 5.41) is 6.43. The van der Waals surface area contributed by atoms with Gasteiger partial charge in [0.2, 0.25) is 5.89 Å². The molecule has 0 radical (unpaired) electrons. The lowest BCUT2D eigenvalue weighted by molar-refractivity contribution is 0.380. The van der Waals surface area contributed by atoms with E-state index in [9.17, 15) is 0 Å². The van der Waals surface area contributed by atoms with Gasteiger partial charge in [-0.2, -0.15) is 4.98 Å². The molecule has 0 aliphatic carbocycles. The molecule has 0 atom stereocenters. The fourth-order valence-electron chi connectivity index (χ4n) is 1.66. The van der Waals surface area contributed by atoms with Crippen molar-refractivity contribution < 1.29 is 4.52 Å². The maximum Gasteiger partial charge on any atom is 0.232 e. The van der Waals surface area contributed by atoms with Crippen molar-refractivity contribution in [1.29, 1.82) is 0 Å². The summed E-state index contributed by atoms with van der Waals surface area (Å²) in [4.78, 5) is 9.70. The molecule has 3 aromatic rings. The highest BCUT2D eigenvalue weighted by molar-refractivity contribution is 9.10. The molecule has 0 aliphatic rings. The first kappa shape index (κ1) is 14.6. The SMILES string of the molecule is Nc1nc(Cc2nc(CSc3ccc(Br)cc3)no2)cs1. The standard InChI is InChI=1S/C13H11BrN4OS2/c14-8-1-3-10(4-2-8)20-7-11-17-12(19-18-11)5-9-6-21-13(15)16-9/h1-4,6H,5,7H2,(H2,15,16). The second kappa shape index (κ2) is 6.59. The predicted octanol–water partition coefficient (Wildman–Crippen LogP) is 3.75. The number of hydrogen-bond acceptors (Lipinski definition) is 7. The summed E-state index contributed by atoms with van der Waals surface area (Å²) in [5.74, 6) is 1.91. The molecule has 21 heavy (non-hydrogen) atoms. The summed E-state index contributed by atoms with van der Waals surface area (Å²) in [5.41, 5.74) is 6.45. The molecule has 3 rings (SSSR count). The molecular weight excluding hydrogens is 372 g/mol. The number of thiazole rings is 1. The molecule has 0 unspecified atom stereocenters. The Morgan fingerprint density at radius 3 is 2.76 bits per heavy atom. The molecule has 1 aromatic carbocycles. The number of nitrogens with two attached hydrogens (primary N) is 1. The number of thioether (sulfide) groups is 1. The molecule has 8 heteroatoms. The molecule has 0 fully saturated rings. The average Bonchev–Trinajstić information content (AvgIpc) is 3.08. The Kier molecular flexibility index (Phi) is 4.57. The van der Waals surface area contributed by atoms with Gasteiger partial charge in [0, 0.05) is 14.7 Å². The summed E-state index contributed by atoms with van der Waals surface area (Å²) in [6.07, 6.45) is 0.518. The van der Waals surface area contributed by atoms with Gasteiger partial charge in [0.1, 0.15) is 0 Å². The van der Waals surface area contributed by atoms with Crippen LogP contribution in [0.3, 0.4) is 0 Å². The normalized spacial score (nSPS) is 10.9. The third-order valence-electron chi connectivity index (χ3n) is 2.59. The summed E-state index contributed by atoms with van der Waals surface area (Å²) >= 11 is 6.49. The van der Waals surface area contributed by atoms with Crippen LogP contribution in [0.25, 0.3) is 0 Å². The van der Waals surface area contributed by atoms with Crippen molar-refractivity contribution in [3.8, 4) is 0 Å². The molecule has 0 spiro atoms. The van der Waals surface area contributed by atoms with Gasteiger partial charge in [-0.1, -0.05) is 21.1 Å². The number of hydrogen-bond donors (Lipinski definition) is 1. The first-order chi connectivity index (χ1) is 10.2. The van der Waals surface area contributed by atoms with Crippen LogP contribution < -0.4 is 5.73 Å². The molecule has 5 nitrogen and oxygen atoms in total. The Morgan fingerprint density at radius 1 is 1.24 bits per heavy atom. The van der Waals surface area contributed by atoms with Crippen molar-refractivity contribution >= 4 is 44.2 Å². The Hall–Kier alpha value is -1.38. The van der Waals surface area contributed by atoms with Crippen molar-refractivity contribution in [2.45, 2.75) is 17.1 Å². The number of aromatic nitrogens is 3. The molecule has 0 saturated heterocycles. The van der Waals surface area contributed by atoms with Crippen LogP contribution in [-0.2, 0) is 12.2 Å². The van der Waals surface area contributed by atoms with Gasteiger partial charge in [0.25, 0.3) is 0 Å². The lowest BCUT2D eigenvalue weighted by Gasteiger charge is -1.97. The van der Waals surface area contributed by atoms with Crippen molar-refractivity contribution in [2.24, 2.45) is 0 Å². The molecule has 108 valence electrons. The van der Waals surface area contributed by atoms with Crippen LogP contribution in [0.15, 0.2) is 43.5 Å². The van der Waals surface area contributed by atoms with Crippen LogP contribution in [0.5, 0.6) is 0 Å². The monoisotopic (exact) mass is 382 g/mol. The fraction of sp³-hybridized carbons (Fsp3) is 0.154. The topological polar surface area (TPSA) is 77.8 Å². The van der Waals surface area contributed by atoms with E-state index in [1.54, 1.807) is 11.8 Å². The van der Waals surface area contributed by atoms with Gasteiger partial charge in [0.05, 0.1) is 17.9 Å². The van der Waals surface area contributed by atoms with Gasteiger partial charge < -0.3 is 10.3 Å². The second-order valence-electron chi connectivity index (χ2n) is 4.20. The fourth-order valence-corrected chi connectivity index (χ4v) is 3.23. The van der Waals surface area contributed by atoms with Crippen molar-refractivity contribution in [2.75, 3.05) is 5.73 Å². The van der Waals surface area contributed by atoms with E-state index >= 15 is 0 Å². The van der Waals surface area contributed by atoms with Gasteiger partial charge in [0.15, 0.2) is 11.0 Å². The van der Waals surface area contributed by atoms with Crippen LogP contribution in [0, 0.1) is 0 Å². The van der Waals surface area contributed by atoms with E-state index in [2.05, 4.69) is 31.1 Å². The summed E-state index contributed by atoms with van der Waals surface area (Å²) in [7, 11) is 0. The van der Waals surface area contributed by atoms with E-state index in [-0.39, 0.29) is 0 Å². The number of nitrogen functional groups attached to an aromatic ring is 1. The van der Waals surface area contributed by atoms with E-state index in [1.807, 2.05) is 29.6 Å². The van der Waals surface area contributed by atoms with E-state index in [4.69, 9.17) is 10.3 Å². The number of nitrogens with zero attached hydrogens (tertiary/aromatic N) is 3. The molecule has 0 aliphatic heterocycles. The zero-order valence-electron chi connectivity index (χ0n) is 10.8. The Bertz CT molecular complexity index is 726. The summed E-state index contributed by atoms with van der Waals surface area (Å²) < 4.78 is 6.29. The Morgan fingerprint density at radius 2 is 2.05 bits per heavy atom. The predicted molar refractivity (Wildman–Crippen MR) is 87.3 cm³/mol. The third-order valence-corrected chi connectivity index (χ3v) is 4.85. The summed E-state index contributed by atoms with van der Waals surface area (Å²) in [6, 6.07) is 8.12. The molecule has 2 aromatic heterocycles. The zero-order valence-corrected chi connectivity index (χ0v) is 14.0. The van der Waals surface area contributed by atoms with Gasteiger partial charge in [-0.25, -0.2) is 4.98 Å². The lowest BCUT2D eigenvalue weighted by Crippen LogP contribution is -1.91. The smallest absolute Gasteiger partial charge is 0.232 e. The van der Waals surface area contributed by atoms with E-state index in [0.717, 1.165) is 15.1 Å². The Balaban J connectivity index is 1.58. The maximum absolute atomic E-state index is 5.59. The summed E-state index contributed by atoms with van der Waals surface area (Å²) in [6.45, 7) is 0. The second-order valence-corrected chi connectivity index (χ2v) is 7.05. The van der Waals surface area contributed by atoms with Crippen molar-refractivity contribution in [3.05, 3.63) is 51.5 Å². The molecule has 0 bridgehead atoms. The largest absolute Gasteiger partial charge is 0.375 e. The number of halogens is 1. The molecule has 0 amide bonds. The average molecular weight is 383 g/mol. The maximum atomic E-state index is 5.59. The molecule has 2 heterocycles. The minimum atomic E-state index is 0.518. The van der Waals surface area contributed by atoms with E-state index in [1.165, 1.54) is 11.3 Å². The van der Waals surface area contributed by atoms with E-state index in [0.29, 0.717) is 29.0 Å².